The summed E-state index contributed by atoms with van der Waals surface area (Å²) in [6.45, 7) is 8.97. The highest BCUT2D eigenvalue weighted by atomic mass is 16.5. The number of ether oxygens (including phenoxy) is 1. The molecule has 0 radical (unpaired) electrons. The summed E-state index contributed by atoms with van der Waals surface area (Å²) in [5.74, 6) is 7.27. The second-order valence-electron chi connectivity index (χ2n) is 7.12. The fourth-order valence-corrected chi connectivity index (χ4v) is 3.74. The van der Waals surface area contributed by atoms with Crippen LogP contribution in [0.1, 0.15) is 71.2 Å². The van der Waals surface area contributed by atoms with Gasteiger partial charge in [0.25, 0.3) is 0 Å². The maximum atomic E-state index is 5.96. The van der Waals surface area contributed by atoms with Crippen LogP contribution in [0, 0.1) is 11.3 Å². The summed E-state index contributed by atoms with van der Waals surface area (Å²) in [6.07, 6.45) is 6.81. The number of aromatic nitrogens is 2. The Morgan fingerprint density at radius 3 is 2.67 bits per heavy atom. The molecule has 0 aromatic carbocycles. The van der Waals surface area contributed by atoms with Gasteiger partial charge in [-0.05, 0) is 38.0 Å². The Morgan fingerprint density at radius 2 is 2.14 bits per heavy atom. The molecule has 21 heavy (non-hydrogen) atoms. The quantitative estimate of drug-likeness (QED) is 0.646. The smallest absolute Gasteiger partial charge is 0.161 e. The van der Waals surface area contributed by atoms with Crippen LogP contribution < -0.4 is 16.0 Å². The lowest BCUT2D eigenvalue weighted by molar-refractivity contribution is 0.0930. The van der Waals surface area contributed by atoms with Gasteiger partial charge in [0.2, 0.25) is 0 Å². The highest BCUT2D eigenvalue weighted by molar-refractivity contribution is 5.30. The average molecular weight is 294 g/mol. The van der Waals surface area contributed by atoms with Crippen LogP contribution in [0.5, 0.6) is 5.75 Å². The van der Waals surface area contributed by atoms with Crippen molar-refractivity contribution < 1.29 is 4.74 Å². The number of hydrogen-bond donors (Lipinski definition) is 2. The number of nitrogens with zero attached hydrogens (tertiary/aromatic N) is 2. The van der Waals surface area contributed by atoms with Gasteiger partial charge in [-0.25, -0.2) is 0 Å². The lowest BCUT2D eigenvalue weighted by Gasteiger charge is -2.43. The van der Waals surface area contributed by atoms with E-state index in [1.54, 1.807) is 13.3 Å². The van der Waals surface area contributed by atoms with Gasteiger partial charge in [0.1, 0.15) is 0 Å². The molecule has 2 unspecified atom stereocenters. The van der Waals surface area contributed by atoms with Crippen molar-refractivity contribution >= 4 is 0 Å². The van der Waals surface area contributed by atoms with Gasteiger partial charge < -0.3 is 4.74 Å². The molecule has 0 amide bonds. The van der Waals surface area contributed by atoms with E-state index in [2.05, 4.69) is 38.2 Å². The lowest BCUT2D eigenvalue weighted by atomic mass is 9.65. The van der Waals surface area contributed by atoms with Crippen molar-refractivity contribution in [2.45, 2.75) is 65.5 Å². The van der Waals surface area contributed by atoms with Crippen molar-refractivity contribution in [3.05, 3.63) is 11.9 Å². The molecule has 1 fully saturated rings. The molecule has 1 saturated carbocycles. The number of nitrogens with one attached hydrogen (secondary N) is 1. The van der Waals surface area contributed by atoms with Crippen LogP contribution in [0.4, 0.5) is 0 Å². The topological polar surface area (TPSA) is 65.1 Å². The van der Waals surface area contributed by atoms with Crippen molar-refractivity contribution in [1.82, 2.24) is 15.2 Å². The molecule has 1 heterocycles. The maximum Gasteiger partial charge on any atom is 0.161 e. The molecule has 120 valence electrons. The lowest BCUT2D eigenvalue weighted by Crippen LogP contribution is -2.43. The third-order valence-electron chi connectivity index (χ3n) is 4.97. The normalized spacial score (nSPS) is 23.3. The van der Waals surface area contributed by atoms with Crippen molar-refractivity contribution in [2.75, 3.05) is 7.11 Å². The minimum absolute atomic E-state index is 0.0696. The van der Waals surface area contributed by atoms with Crippen LogP contribution in [0.15, 0.2) is 6.20 Å². The molecule has 1 aromatic heterocycles. The molecule has 1 aliphatic carbocycles. The molecule has 5 heteroatoms. The fraction of sp³-hybridized carbons (Fsp3) is 0.812. The Kier molecular flexibility index (Phi) is 4.94. The highest BCUT2D eigenvalue weighted by Crippen LogP contribution is 2.48. The van der Waals surface area contributed by atoms with Crippen LogP contribution >= 0.6 is 0 Å². The van der Waals surface area contributed by atoms with E-state index in [4.69, 9.17) is 10.6 Å². The molecule has 0 saturated heterocycles. The number of methoxy groups -OCH3 is 1. The van der Waals surface area contributed by atoms with Gasteiger partial charge in [-0.15, -0.1) is 0 Å². The van der Waals surface area contributed by atoms with Gasteiger partial charge in [0, 0.05) is 6.04 Å². The van der Waals surface area contributed by atoms with Gasteiger partial charge in [0.15, 0.2) is 5.75 Å². The van der Waals surface area contributed by atoms with E-state index in [0.717, 1.165) is 11.4 Å². The molecular weight excluding hydrogens is 264 g/mol. The molecule has 0 bridgehead atoms. The summed E-state index contributed by atoms with van der Waals surface area (Å²) in [6, 6.07) is 0.353. The molecular formula is C16H30N4O. The van der Waals surface area contributed by atoms with Crippen molar-refractivity contribution in [2.24, 2.45) is 17.2 Å². The minimum Gasteiger partial charge on any atom is -0.493 e. The Balaban J connectivity index is 2.43. The summed E-state index contributed by atoms with van der Waals surface area (Å²) in [7, 11) is 1.70. The molecule has 3 N–H and O–H groups in total. The standard InChI is InChI=1S/C16H30N4O/c1-11(2)20-15(13(21-5)10-18-20)14(19-17)12-8-6-7-9-16(12,3)4/h10-12,14,19H,6-9,17H2,1-5H3. The van der Waals surface area contributed by atoms with Crippen molar-refractivity contribution in [1.29, 1.82) is 0 Å². The van der Waals surface area contributed by atoms with Gasteiger partial charge in [-0.2, -0.15) is 5.10 Å². The van der Waals surface area contributed by atoms with Crippen LogP contribution in [0.3, 0.4) is 0 Å². The van der Waals surface area contributed by atoms with Gasteiger partial charge >= 0.3 is 0 Å². The van der Waals surface area contributed by atoms with Gasteiger partial charge in [0.05, 0.1) is 25.0 Å². The van der Waals surface area contributed by atoms with E-state index in [1.807, 2.05) is 4.68 Å². The van der Waals surface area contributed by atoms with Crippen molar-refractivity contribution in [3.63, 3.8) is 0 Å². The van der Waals surface area contributed by atoms with Gasteiger partial charge in [-0.3, -0.25) is 16.0 Å². The number of hydrazine groups is 1. The molecule has 1 aromatic rings. The van der Waals surface area contributed by atoms with E-state index < -0.39 is 0 Å². The molecule has 0 aliphatic heterocycles. The number of nitrogens with two attached hydrogens (primary N) is 1. The maximum absolute atomic E-state index is 5.96. The molecule has 2 rings (SSSR count). The average Bonchev–Trinajstić information content (AvgIpc) is 2.85. The largest absolute Gasteiger partial charge is 0.493 e. The first-order valence-electron chi connectivity index (χ1n) is 8.00. The molecule has 1 aliphatic rings. The van der Waals surface area contributed by atoms with E-state index >= 15 is 0 Å². The third-order valence-corrected chi connectivity index (χ3v) is 4.97. The summed E-state index contributed by atoms with van der Waals surface area (Å²) < 4.78 is 7.57. The van der Waals surface area contributed by atoms with E-state index in [9.17, 15) is 0 Å². The van der Waals surface area contributed by atoms with E-state index in [-0.39, 0.29) is 17.5 Å². The Bertz CT molecular complexity index is 467. The molecule has 5 nitrogen and oxygen atoms in total. The summed E-state index contributed by atoms with van der Waals surface area (Å²) in [5, 5.41) is 4.49. The summed E-state index contributed by atoms with van der Waals surface area (Å²) in [4.78, 5) is 0. The fourth-order valence-electron chi connectivity index (χ4n) is 3.74. The second kappa shape index (κ2) is 6.36. The first-order valence-corrected chi connectivity index (χ1v) is 8.00. The summed E-state index contributed by atoms with van der Waals surface area (Å²) in [5.41, 5.74) is 4.41. The monoisotopic (exact) mass is 294 g/mol. The first-order chi connectivity index (χ1) is 9.92. The zero-order chi connectivity index (χ0) is 15.6. The Hall–Kier alpha value is -1.07. The van der Waals surface area contributed by atoms with Crippen LogP contribution in [0.25, 0.3) is 0 Å². The first kappa shape index (κ1) is 16.3. The number of rotatable bonds is 5. The second-order valence-corrected chi connectivity index (χ2v) is 7.12. The third kappa shape index (κ3) is 3.09. The van der Waals surface area contributed by atoms with Crippen LogP contribution in [0.2, 0.25) is 0 Å². The van der Waals surface area contributed by atoms with Gasteiger partial charge in [-0.1, -0.05) is 26.7 Å². The minimum atomic E-state index is 0.0696. The molecule has 2 atom stereocenters. The van der Waals surface area contributed by atoms with E-state index in [1.165, 1.54) is 25.7 Å². The summed E-state index contributed by atoms with van der Waals surface area (Å²) >= 11 is 0. The predicted octanol–water partition coefficient (Wildman–Crippen LogP) is 3.19. The SMILES string of the molecule is COc1cnn(C(C)C)c1C(NN)C1CCCCC1(C)C. The van der Waals surface area contributed by atoms with Crippen molar-refractivity contribution in [3.8, 4) is 5.75 Å². The van der Waals surface area contributed by atoms with E-state index in [0.29, 0.717) is 5.92 Å². The molecule has 0 spiro atoms. The van der Waals surface area contributed by atoms with Crippen LogP contribution in [-0.4, -0.2) is 16.9 Å². The predicted molar refractivity (Wildman–Crippen MR) is 85.0 cm³/mol. The zero-order valence-corrected chi connectivity index (χ0v) is 14.0. The number of hydrogen-bond acceptors (Lipinski definition) is 4. The highest BCUT2D eigenvalue weighted by Gasteiger charge is 2.40. The Labute approximate surface area is 128 Å². The zero-order valence-electron chi connectivity index (χ0n) is 14.0. The Morgan fingerprint density at radius 1 is 1.43 bits per heavy atom. The van der Waals surface area contributed by atoms with Crippen LogP contribution in [-0.2, 0) is 0 Å².